The van der Waals surface area contributed by atoms with Crippen molar-refractivity contribution in [1.82, 2.24) is 0 Å². The predicted octanol–water partition coefficient (Wildman–Crippen LogP) is -0.384. The van der Waals surface area contributed by atoms with Gasteiger partial charge in [-0.15, -0.1) is 0 Å². The first-order chi connectivity index (χ1) is 6.09. The van der Waals surface area contributed by atoms with E-state index in [-0.39, 0.29) is 0 Å². The van der Waals surface area contributed by atoms with Crippen molar-refractivity contribution in [1.29, 1.82) is 0 Å². The first-order valence-electron chi connectivity index (χ1n) is 4.81. The minimum absolute atomic E-state index is 0.562. The van der Waals surface area contributed by atoms with E-state index in [1.807, 2.05) is 0 Å². The summed E-state index contributed by atoms with van der Waals surface area (Å²) in [5.74, 6) is 0.562. The Kier molecular flexibility index (Phi) is 2.11. The van der Waals surface area contributed by atoms with Gasteiger partial charge in [0.25, 0.3) is 0 Å². The van der Waals surface area contributed by atoms with E-state index in [9.17, 15) is 15.3 Å². The predicted molar refractivity (Wildman–Crippen MR) is 44.9 cm³/mol. The van der Waals surface area contributed by atoms with E-state index in [2.05, 4.69) is 6.92 Å². The van der Waals surface area contributed by atoms with Gasteiger partial charge < -0.3 is 20.1 Å². The van der Waals surface area contributed by atoms with E-state index in [0.717, 1.165) is 19.3 Å². The number of aliphatic hydroxyl groups excluding tert-OH is 3. The maximum Gasteiger partial charge on any atom is 0.184 e. The quantitative estimate of drug-likeness (QED) is 0.524. The van der Waals surface area contributed by atoms with Gasteiger partial charge in [-0.25, -0.2) is 0 Å². The molecule has 76 valence electrons. The summed E-state index contributed by atoms with van der Waals surface area (Å²) in [6.07, 6.45) is -0.724. The third-order valence-corrected chi connectivity index (χ3v) is 3.36. The number of hydrogen-bond acceptors (Lipinski definition) is 4. The Balaban J connectivity index is 2.03. The molecule has 0 radical (unpaired) electrons. The van der Waals surface area contributed by atoms with Gasteiger partial charge in [-0.2, -0.15) is 0 Å². The van der Waals surface area contributed by atoms with Gasteiger partial charge in [0.1, 0.15) is 17.8 Å². The molecule has 3 atom stereocenters. The molecule has 13 heavy (non-hydrogen) atoms. The molecule has 1 spiro atoms. The lowest BCUT2D eigenvalue weighted by Crippen LogP contribution is -2.52. The van der Waals surface area contributed by atoms with Crippen LogP contribution in [0.2, 0.25) is 0 Å². The molecule has 0 unspecified atom stereocenters. The van der Waals surface area contributed by atoms with E-state index in [0.29, 0.717) is 5.92 Å². The SMILES string of the molecule is CCC1CC2(C1)O[C@H](O)[C@H](O)[C@H]2O. The molecule has 4 nitrogen and oxygen atoms in total. The largest absolute Gasteiger partial charge is 0.387 e. The first-order valence-corrected chi connectivity index (χ1v) is 4.81. The third kappa shape index (κ3) is 1.21. The van der Waals surface area contributed by atoms with Crippen molar-refractivity contribution in [3.05, 3.63) is 0 Å². The average molecular weight is 188 g/mol. The van der Waals surface area contributed by atoms with Gasteiger partial charge in [0.15, 0.2) is 6.29 Å². The maximum atomic E-state index is 9.62. The summed E-state index contributed by atoms with van der Waals surface area (Å²) in [6, 6.07) is 0. The molecule has 0 aromatic rings. The highest BCUT2D eigenvalue weighted by Crippen LogP contribution is 2.49. The highest BCUT2D eigenvalue weighted by Gasteiger charge is 2.59. The van der Waals surface area contributed by atoms with Crippen molar-refractivity contribution in [3.8, 4) is 0 Å². The number of aliphatic hydroxyl groups is 3. The van der Waals surface area contributed by atoms with Crippen molar-refractivity contribution >= 4 is 0 Å². The molecule has 2 rings (SSSR count). The molecule has 1 aliphatic heterocycles. The fourth-order valence-electron chi connectivity index (χ4n) is 2.39. The van der Waals surface area contributed by atoms with Gasteiger partial charge in [0.05, 0.1) is 0 Å². The molecule has 2 fully saturated rings. The lowest BCUT2D eigenvalue weighted by atomic mass is 9.67. The van der Waals surface area contributed by atoms with Crippen molar-refractivity contribution < 1.29 is 20.1 Å². The van der Waals surface area contributed by atoms with Crippen LogP contribution in [0, 0.1) is 5.92 Å². The monoisotopic (exact) mass is 188 g/mol. The molecule has 2 aliphatic rings. The smallest absolute Gasteiger partial charge is 0.184 e. The summed E-state index contributed by atoms with van der Waals surface area (Å²) in [5, 5.41) is 28.1. The van der Waals surface area contributed by atoms with Gasteiger partial charge >= 0.3 is 0 Å². The minimum atomic E-state index is -1.21. The van der Waals surface area contributed by atoms with Crippen molar-refractivity contribution in [2.45, 2.75) is 50.3 Å². The molecule has 1 saturated heterocycles. The molecular formula is C9H16O4. The summed E-state index contributed by atoms with van der Waals surface area (Å²) in [5.41, 5.74) is -0.653. The Bertz CT molecular complexity index is 200. The fraction of sp³-hybridized carbons (Fsp3) is 1.00. The summed E-state index contributed by atoms with van der Waals surface area (Å²) in [6.45, 7) is 2.09. The zero-order valence-electron chi connectivity index (χ0n) is 7.68. The fourth-order valence-corrected chi connectivity index (χ4v) is 2.39. The van der Waals surface area contributed by atoms with Gasteiger partial charge in [-0.3, -0.25) is 0 Å². The Morgan fingerprint density at radius 2 is 1.92 bits per heavy atom. The van der Waals surface area contributed by atoms with Crippen LogP contribution in [0.1, 0.15) is 26.2 Å². The maximum absolute atomic E-state index is 9.62. The number of rotatable bonds is 1. The van der Waals surface area contributed by atoms with Crippen molar-refractivity contribution in [2.75, 3.05) is 0 Å². The van der Waals surface area contributed by atoms with Gasteiger partial charge in [-0.05, 0) is 18.8 Å². The van der Waals surface area contributed by atoms with E-state index >= 15 is 0 Å². The zero-order chi connectivity index (χ0) is 9.64. The molecule has 1 heterocycles. The summed E-state index contributed by atoms with van der Waals surface area (Å²) < 4.78 is 5.20. The van der Waals surface area contributed by atoms with Gasteiger partial charge in [-0.1, -0.05) is 13.3 Å². The third-order valence-electron chi connectivity index (χ3n) is 3.36. The lowest BCUT2D eigenvalue weighted by Gasteiger charge is -2.45. The average Bonchev–Trinajstić information content (AvgIpc) is 2.27. The van der Waals surface area contributed by atoms with E-state index in [1.165, 1.54) is 0 Å². The van der Waals surface area contributed by atoms with Crippen LogP contribution in [0.25, 0.3) is 0 Å². The topological polar surface area (TPSA) is 69.9 Å². The second-order valence-electron chi connectivity index (χ2n) is 4.19. The lowest BCUT2D eigenvalue weighted by molar-refractivity contribution is -0.203. The Morgan fingerprint density at radius 3 is 2.31 bits per heavy atom. The molecule has 0 aromatic carbocycles. The summed E-state index contributed by atoms with van der Waals surface area (Å²) in [7, 11) is 0. The Labute approximate surface area is 77.1 Å². The Hall–Kier alpha value is -0.160. The van der Waals surface area contributed by atoms with Crippen LogP contribution in [0.15, 0.2) is 0 Å². The molecule has 0 bridgehead atoms. The molecule has 0 amide bonds. The molecule has 0 aromatic heterocycles. The van der Waals surface area contributed by atoms with Crippen LogP contribution < -0.4 is 0 Å². The zero-order valence-corrected chi connectivity index (χ0v) is 7.68. The van der Waals surface area contributed by atoms with Gasteiger partial charge in [0, 0.05) is 0 Å². The Morgan fingerprint density at radius 1 is 1.31 bits per heavy atom. The van der Waals surface area contributed by atoms with Gasteiger partial charge in [0.2, 0.25) is 0 Å². The molecular weight excluding hydrogens is 172 g/mol. The van der Waals surface area contributed by atoms with Crippen LogP contribution in [-0.4, -0.2) is 39.4 Å². The number of ether oxygens (including phenoxy) is 1. The van der Waals surface area contributed by atoms with E-state index in [1.54, 1.807) is 0 Å². The number of hydrogen-bond donors (Lipinski definition) is 3. The van der Waals surface area contributed by atoms with Crippen molar-refractivity contribution in [3.63, 3.8) is 0 Å². The highest BCUT2D eigenvalue weighted by molar-refractivity contribution is 5.07. The van der Waals surface area contributed by atoms with Crippen LogP contribution in [0.3, 0.4) is 0 Å². The van der Waals surface area contributed by atoms with Crippen LogP contribution in [0.4, 0.5) is 0 Å². The van der Waals surface area contributed by atoms with E-state index in [4.69, 9.17) is 4.74 Å². The van der Waals surface area contributed by atoms with Crippen LogP contribution in [-0.2, 0) is 4.74 Å². The van der Waals surface area contributed by atoms with Crippen LogP contribution >= 0.6 is 0 Å². The summed E-state index contributed by atoms with van der Waals surface area (Å²) in [4.78, 5) is 0. The van der Waals surface area contributed by atoms with Crippen molar-refractivity contribution in [2.24, 2.45) is 5.92 Å². The molecule has 1 aliphatic carbocycles. The van der Waals surface area contributed by atoms with E-state index < -0.39 is 24.1 Å². The summed E-state index contributed by atoms with van der Waals surface area (Å²) >= 11 is 0. The normalized spacial score (nSPS) is 55.4. The second-order valence-corrected chi connectivity index (χ2v) is 4.19. The molecule has 3 N–H and O–H groups in total. The minimum Gasteiger partial charge on any atom is -0.387 e. The highest BCUT2D eigenvalue weighted by atomic mass is 16.7. The molecule has 4 heteroatoms. The first kappa shape index (κ1) is 9.40. The standard InChI is InChI=1S/C9H16O4/c1-2-5-3-9(4-5)7(11)6(10)8(12)13-9/h5-8,10-12H,2-4H2,1H3/t5?,6-,7-,8+,9?/m1/s1. The molecule has 1 saturated carbocycles. The van der Waals surface area contributed by atoms with Crippen LogP contribution in [0.5, 0.6) is 0 Å². The second kappa shape index (κ2) is 2.92.